The third kappa shape index (κ3) is 3.99. The quantitative estimate of drug-likeness (QED) is 0.720. The zero-order chi connectivity index (χ0) is 17.2. The van der Waals surface area contributed by atoms with E-state index in [4.69, 9.17) is 4.74 Å². The average Bonchev–Trinajstić information content (AvgIpc) is 2.49. The number of benzene rings is 1. The first-order chi connectivity index (χ1) is 10.7. The maximum Gasteiger partial charge on any atom is 0.338 e. The van der Waals surface area contributed by atoms with Crippen molar-refractivity contribution in [2.75, 3.05) is 14.1 Å². The van der Waals surface area contributed by atoms with Gasteiger partial charge in [-0.15, -0.1) is 0 Å². The number of hydrogen-bond donors (Lipinski definition) is 0. The summed E-state index contributed by atoms with van der Waals surface area (Å²) in [6, 6.07) is 4.21. The van der Waals surface area contributed by atoms with Crippen LogP contribution in [0, 0.1) is 0 Å². The molecule has 0 radical (unpaired) electrons. The van der Waals surface area contributed by atoms with Crippen molar-refractivity contribution in [1.82, 2.24) is 4.31 Å². The molecule has 23 heavy (non-hydrogen) atoms. The summed E-state index contributed by atoms with van der Waals surface area (Å²) in [4.78, 5) is 23.9. The van der Waals surface area contributed by atoms with Gasteiger partial charge in [-0.05, 0) is 53.4 Å². The van der Waals surface area contributed by atoms with E-state index < -0.39 is 22.1 Å². The van der Waals surface area contributed by atoms with Crippen LogP contribution in [-0.4, -0.2) is 44.7 Å². The standard InChI is InChI=1S/C15H18BrNO5S/c1-17(2)23(20,21)14-9-10(7-8-11(14)16)15(19)22-13-6-4-3-5-12(13)18/h7-9,13H,3-6H2,1-2H3/t13-/m0/s1. The molecule has 126 valence electrons. The number of carbonyl (C=O) groups is 2. The fourth-order valence-corrected chi connectivity index (χ4v) is 4.14. The van der Waals surface area contributed by atoms with Crippen molar-refractivity contribution in [2.45, 2.75) is 36.7 Å². The van der Waals surface area contributed by atoms with Gasteiger partial charge < -0.3 is 4.74 Å². The van der Waals surface area contributed by atoms with Gasteiger partial charge in [-0.25, -0.2) is 17.5 Å². The smallest absolute Gasteiger partial charge is 0.338 e. The van der Waals surface area contributed by atoms with Crippen LogP contribution in [0.2, 0.25) is 0 Å². The van der Waals surface area contributed by atoms with Gasteiger partial charge in [0.15, 0.2) is 11.9 Å². The number of nitrogens with zero attached hydrogens (tertiary/aromatic N) is 1. The summed E-state index contributed by atoms with van der Waals surface area (Å²) >= 11 is 3.18. The summed E-state index contributed by atoms with van der Waals surface area (Å²) in [6.07, 6.45) is 1.86. The van der Waals surface area contributed by atoms with Crippen LogP contribution in [0.4, 0.5) is 0 Å². The van der Waals surface area contributed by atoms with Gasteiger partial charge in [-0.1, -0.05) is 0 Å². The Kier molecular flexibility index (Phi) is 5.59. The predicted molar refractivity (Wildman–Crippen MR) is 87.7 cm³/mol. The zero-order valence-corrected chi connectivity index (χ0v) is 15.3. The second-order valence-corrected chi connectivity index (χ2v) is 8.51. The number of esters is 1. The number of ether oxygens (including phenoxy) is 1. The van der Waals surface area contributed by atoms with E-state index in [2.05, 4.69) is 15.9 Å². The zero-order valence-electron chi connectivity index (χ0n) is 12.9. The predicted octanol–water partition coefficient (Wildman–Crippen LogP) is 2.37. The van der Waals surface area contributed by atoms with Crippen LogP contribution >= 0.6 is 15.9 Å². The molecule has 0 saturated heterocycles. The van der Waals surface area contributed by atoms with Gasteiger partial charge >= 0.3 is 5.97 Å². The molecule has 0 amide bonds. The van der Waals surface area contributed by atoms with Gasteiger partial charge in [0, 0.05) is 25.0 Å². The number of Topliss-reactive ketones (excluding diaryl/α,β-unsaturated/α-hetero) is 1. The molecule has 0 aromatic heterocycles. The van der Waals surface area contributed by atoms with Crippen molar-refractivity contribution in [3.8, 4) is 0 Å². The van der Waals surface area contributed by atoms with E-state index >= 15 is 0 Å². The minimum absolute atomic E-state index is 0.0214. The summed E-state index contributed by atoms with van der Waals surface area (Å²) in [6.45, 7) is 0. The molecule has 0 heterocycles. The Hall–Kier alpha value is -1.25. The summed E-state index contributed by atoms with van der Waals surface area (Å²) in [7, 11) is -0.875. The lowest BCUT2D eigenvalue weighted by molar-refractivity contribution is -0.129. The van der Waals surface area contributed by atoms with Crippen molar-refractivity contribution in [3.05, 3.63) is 28.2 Å². The number of hydrogen-bond acceptors (Lipinski definition) is 5. The van der Waals surface area contributed by atoms with Crippen LogP contribution < -0.4 is 0 Å². The number of rotatable bonds is 4. The minimum Gasteiger partial charge on any atom is -0.451 e. The Morgan fingerprint density at radius 3 is 2.61 bits per heavy atom. The summed E-state index contributed by atoms with van der Waals surface area (Å²) < 4.78 is 31.2. The van der Waals surface area contributed by atoms with Crippen LogP contribution in [0.1, 0.15) is 36.0 Å². The Bertz CT molecular complexity index is 729. The van der Waals surface area contributed by atoms with Gasteiger partial charge in [0.05, 0.1) is 10.5 Å². The Morgan fingerprint density at radius 2 is 2.00 bits per heavy atom. The molecule has 1 aliphatic carbocycles. The lowest BCUT2D eigenvalue weighted by Crippen LogP contribution is -2.30. The molecular weight excluding hydrogens is 386 g/mol. The Morgan fingerprint density at radius 1 is 1.30 bits per heavy atom. The summed E-state index contributed by atoms with van der Waals surface area (Å²) in [5.74, 6) is -0.768. The molecule has 1 saturated carbocycles. The highest BCUT2D eigenvalue weighted by molar-refractivity contribution is 9.10. The monoisotopic (exact) mass is 403 g/mol. The van der Waals surface area contributed by atoms with Gasteiger partial charge in [0.25, 0.3) is 0 Å². The minimum atomic E-state index is -3.70. The third-order valence-corrected chi connectivity index (χ3v) is 6.48. The first-order valence-corrected chi connectivity index (χ1v) is 9.42. The molecule has 1 fully saturated rings. The highest BCUT2D eigenvalue weighted by Gasteiger charge is 2.27. The van der Waals surface area contributed by atoms with E-state index in [1.807, 2.05) is 0 Å². The summed E-state index contributed by atoms with van der Waals surface area (Å²) in [5.41, 5.74) is 0.104. The number of sulfonamides is 1. The maximum atomic E-state index is 12.3. The number of halogens is 1. The second-order valence-electron chi connectivity index (χ2n) is 5.54. The lowest BCUT2D eigenvalue weighted by Gasteiger charge is -2.21. The molecule has 1 aliphatic rings. The van der Waals surface area contributed by atoms with Crippen molar-refractivity contribution in [2.24, 2.45) is 0 Å². The SMILES string of the molecule is CN(C)S(=O)(=O)c1cc(C(=O)O[C@H]2CCCCC2=O)ccc1Br. The van der Waals surface area contributed by atoms with Crippen LogP contribution in [0.5, 0.6) is 0 Å². The molecule has 0 unspecified atom stereocenters. The van der Waals surface area contributed by atoms with E-state index in [9.17, 15) is 18.0 Å². The molecule has 1 aromatic carbocycles. The Labute approximate surface area is 144 Å². The van der Waals surface area contributed by atoms with E-state index in [0.29, 0.717) is 17.3 Å². The van der Waals surface area contributed by atoms with E-state index in [1.54, 1.807) is 0 Å². The number of carbonyl (C=O) groups excluding carboxylic acids is 2. The van der Waals surface area contributed by atoms with Crippen molar-refractivity contribution >= 4 is 37.7 Å². The van der Waals surface area contributed by atoms with Gasteiger partial charge in [-0.3, -0.25) is 4.79 Å². The lowest BCUT2D eigenvalue weighted by atomic mass is 9.96. The van der Waals surface area contributed by atoms with Crippen molar-refractivity contribution < 1.29 is 22.7 Å². The highest BCUT2D eigenvalue weighted by Crippen LogP contribution is 2.26. The van der Waals surface area contributed by atoms with Crippen LogP contribution in [-0.2, 0) is 19.6 Å². The molecule has 1 atom stereocenters. The molecular formula is C15H18BrNO5S. The fourth-order valence-electron chi connectivity index (χ4n) is 2.30. The van der Waals surface area contributed by atoms with Gasteiger partial charge in [0.1, 0.15) is 0 Å². The van der Waals surface area contributed by atoms with Crippen LogP contribution in [0.25, 0.3) is 0 Å². The fraction of sp³-hybridized carbons (Fsp3) is 0.467. The summed E-state index contributed by atoms with van der Waals surface area (Å²) in [5, 5.41) is 0. The molecule has 0 N–H and O–H groups in total. The molecule has 1 aromatic rings. The molecule has 6 nitrogen and oxygen atoms in total. The molecule has 0 bridgehead atoms. The van der Waals surface area contributed by atoms with E-state index in [0.717, 1.165) is 17.1 Å². The van der Waals surface area contributed by atoms with Crippen LogP contribution in [0.3, 0.4) is 0 Å². The second kappa shape index (κ2) is 7.11. The van der Waals surface area contributed by atoms with Gasteiger partial charge in [-0.2, -0.15) is 0 Å². The maximum absolute atomic E-state index is 12.3. The third-order valence-electron chi connectivity index (χ3n) is 3.67. The topological polar surface area (TPSA) is 80.8 Å². The highest BCUT2D eigenvalue weighted by atomic mass is 79.9. The molecule has 2 rings (SSSR count). The number of ketones is 1. The van der Waals surface area contributed by atoms with Crippen molar-refractivity contribution in [1.29, 1.82) is 0 Å². The van der Waals surface area contributed by atoms with Gasteiger partial charge in [0.2, 0.25) is 10.0 Å². The average molecular weight is 404 g/mol. The molecule has 0 spiro atoms. The van der Waals surface area contributed by atoms with E-state index in [-0.39, 0.29) is 16.2 Å². The van der Waals surface area contributed by atoms with Crippen LogP contribution in [0.15, 0.2) is 27.6 Å². The first kappa shape index (κ1) is 18.1. The normalized spacial score (nSPS) is 19.0. The van der Waals surface area contributed by atoms with Crippen molar-refractivity contribution in [3.63, 3.8) is 0 Å². The largest absolute Gasteiger partial charge is 0.451 e. The molecule has 8 heteroatoms. The first-order valence-electron chi connectivity index (χ1n) is 7.19. The Balaban J connectivity index is 2.27. The van der Waals surface area contributed by atoms with E-state index in [1.165, 1.54) is 32.3 Å². The molecule has 0 aliphatic heterocycles.